The van der Waals surface area contributed by atoms with Gasteiger partial charge in [-0.3, -0.25) is 0 Å². The first-order valence-electron chi connectivity index (χ1n) is 3.69. The normalized spacial score (nSPS) is 28.7. The maximum absolute atomic E-state index is 5.57. The van der Waals surface area contributed by atoms with Gasteiger partial charge < -0.3 is 11.1 Å². The van der Waals surface area contributed by atoms with E-state index in [1.165, 1.54) is 6.54 Å². The predicted octanol–water partition coefficient (Wildman–Crippen LogP) is 0.189. The Hall–Kier alpha value is -0.0800. The minimum absolute atomic E-state index is 0.699. The van der Waals surface area contributed by atoms with Crippen LogP contribution in [0.2, 0.25) is 0 Å². The molecule has 1 rings (SSSR count). The van der Waals surface area contributed by atoms with E-state index in [1.807, 2.05) is 0 Å². The average Bonchev–Trinajstić information content (AvgIpc) is 2.50. The first-order chi connectivity index (χ1) is 4.25. The molecule has 2 nitrogen and oxygen atoms in total. The lowest BCUT2D eigenvalue weighted by atomic mass is 9.93. The Labute approximate surface area is 56.8 Å². The van der Waals surface area contributed by atoms with Crippen molar-refractivity contribution in [2.45, 2.75) is 19.9 Å². The van der Waals surface area contributed by atoms with Crippen LogP contribution in [0.1, 0.15) is 13.8 Å². The lowest BCUT2D eigenvalue weighted by molar-refractivity contribution is 0.387. The van der Waals surface area contributed by atoms with E-state index in [9.17, 15) is 0 Å². The molecule has 0 saturated carbocycles. The highest BCUT2D eigenvalue weighted by Gasteiger charge is 2.30. The van der Waals surface area contributed by atoms with Crippen LogP contribution < -0.4 is 11.1 Å². The van der Waals surface area contributed by atoms with Crippen molar-refractivity contribution in [3.8, 4) is 0 Å². The van der Waals surface area contributed by atoms with Crippen molar-refractivity contribution >= 4 is 0 Å². The summed E-state index contributed by atoms with van der Waals surface area (Å²) in [6.45, 7) is 6.48. The van der Waals surface area contributed by atoms with E-state index in [-0.39, 0.29) is 0 Å². The fraction of sp³-hybridized carbons (Fsp3) is 1.00. The predicted molar refractivity (Wildman–Crippen MR) is 39.2 cm³/mol. The third-order valence-electron chi connectivity index (χ3n) is 2.09. The van der Waals surface area contributed by atoms with Gasteiger partial charge in [-0.2, -0.15) is 0 Å². The van der Waals surface area contributed by atoms with Gasteiger partial charge in [-0.15, -0.1) is 0 Å². The topological polar surface area (TPSA) is 48.0 Å². The van der Waals surface area contributed by atoms with Crippen LogP contribution in [0.3, 0.4) is 0 Å². The monoisotopic (exact) mass is 128 g/mol. The van der Waals surface area contributed by atoms with Crippen LogP contribution in [0, 0.1) is 11.8 Å². The molecule has 1 fully saturated rings. The summed E-state index contributed by atoms with van der Waals surface area (Å²) in [4.78, 5) is 0. The summed E-state index contributed by atoms with van der Waals surface area (Å²) in [5.41, 5.74) is 5.57. The molecule has 9 heavy (non-hydrogen) atoms. The smallest absolute Gasteiger partial charge is 0.0235 e. The SMILES string of the molecule is CC(C)C(CN)C1CN1. The molecule has 0 aromatic carbocycles. The molecule has 1 aliphatic heterocycles. The molecule has 54 valence electrons. The first kappa shape index (κ1) is 7.03. The maximum atomic E-state index is 5.57. The highest BCUT2D eigenvalue weighted by Crippen LogP contribution is 2.19. The summed E-state index contributed by atoms with van der Waals surface area (Å²) in [5.74, 6) is 1.43. The second-order valence-corrected chi connectivity index (χ2v) is 3.16. The minimum atomic E-state index is 0.699. The van der Waals surface area contributed by atoms with Crippen LogP contribution in [-0.2, 0) is 0 Å². The molecule has 0 bridgehead atoms. The van der Waals surface area contributed by atoms with Gasteiger partial charge in [0.05, 0.1) is 0 Å². The number of hydrogen-bond acceptors (Lipinski definition) is 2. The summed E-state index contributed by atoms with van der Waals surface area (Å²) in [6.07, 6.45) is 0. The first-order valence-corrected chi connectivity index (χ1v) is 3.69. The van der Waals surface area contributed by atoms with Gasteiger partial charge in [-0.25, -0.2) is 0 Å². The molecule has 0 aromatic rings. The third kappa shape index (κ3) is 1.66. The van der Waals surface area contributed by atoms with Gasteiger partial charge >= 0.3 is 0 Å². The van der Waals surface area contributed by atoms with E-state index in [0.717, 1.165) is 18.5 Å². The summed E-state index contributed by atoms with van der Waals surface area (Å²) in [7, 11) is 0. The van der Waals surface area contributed by atoms with Crippen molar-refractivity contribution in [1.29, 1.82) is 0 Å². The highest BCUT2D eigenvalue weighted by atomic mass is 15.1. The number of hydrogen-bond donors (Lipinski definition) is 2. The second kappa shape index (κ2) is 2.67. The third-order valence-corrected chi connectivity index (χ3v) is 2.09. The Kier molecular flexibility index (Phi) is 2.09. The molecular weight excluding hydrogens is 112 g/mol. The number of nitrogens with one attached hydrogen (secondary N) is 1. The molecule has 0 aromatic heterocycles. The Morgan fingerprint density at radius 3 is 2.33 bits per heavy atom. The molecule has 0 amide bonds. The van der Waals surface area contributed by atoms with Gasteiger partial charge in [0, 0.05) is 12.6 Å². The van der Waals surface area contributed by atoms with Gasteiger partial charge in [0.1, 0.15) is 0 Å². The van der Waals surface area contributed by atoms with Crippen molar-refractivity contribution in [1.82, 2.24) is 5.32 Å². The van der Waals surface area contributed by atoms with Crippen LogP contribution in [0.4, 0.5) is 0 Å². The van der Waals surface area contributed by atoms with Crippen LogP contribution in [-0.4, -0.2) is 19.1 Å². The lowest BCUT2D eigenvalue weighted by Crippen LogP contribution is -2.26. The van der Waals surface area contributed by atoms with E-state index in [0.29, 0.717) is 5.92 Å². The van der Waals surface area contributed by atoms with Crippen LogP contribution in [0.15, 0.2) is 0 Å². The van der Waals surface area contributed by atoms with E-state index < -0.39 is 0 Å². The molecule has 2 heteroatoms. The summed E-state index contributed by atoms with van der Waals surface area (Å²) in [6, 6.07) is 0.731. The van der Waals surface area contributed by atoms with Gasteiger partial charge in [-0.1, -0.05) is 13.8 Å². The van der Waals surface area contributed by atoms with Crippen molar-refractivity contribution in [3.05, 3.63) is 0 Å². The molecule has 1 saturated heterocycles. The zero-order chi connectivity index (χ0) is 6.85. The van der Waals surface area contributed by atoms with Crippen molar-refractivity contribution in [2.75, 3.05) is 13.1 Å². The number of rotatable bonds is 3. The summed E-state index contributed by atoms with van der Waals surface area (Å²) >= 11 is 0. The molecule has 0 radical (unpaired) electrons. The Balaban J connectivity index is 2.28. The highest BCUT2D eigenvalue weighted by molar-refractivity contribution is 4.91. The largest absolute Gasteiger partial charge is 0.330 e. The standard InChI is InChI=1S/C7H16N2/c1-5(2)6(3-8)7-4-9-7/h5-7,9H,3-4,8H2,1-2H3. The van der Waals surface area contributed by atoms with Gasteiger partial charge in [0.25, 0.3) is 0 Å². The van der Waals surface area contributed by atoms with Crippen molar-refractivity contribution in [2.24, 2.45) is 17.6 Å². The van der Waals surface area contributed by atoms with Crippen LogP contribution in [0.25, 0.3) is 0 Å². The van der Waals surface area contributed by atoms with Gasteiger partial charge in [0.2, 0.25) is 0 Å². The average molecular weight is 128 g/mol. The number of nitrogens with two attached hydrogens (primary N) is 1. The zero-order valence-electron chi connectivity index (χ0n) is 6.22. The van der Waals surface area contributed by atoms with Crippen molar-refractivity contribution < 1.29 is 0 Å². The van der Waals surface area contributed by atoms with Crippen molar-refractivity contribution in [3.63, 3.8) is 0 Å². The maximum Gasteiger partial charge on any atom is 0.0235 e. The molecule has 0 aliphatic carbocycles. The van der Waals surface area contributed by atoms with Gasteiger partial charge in [0.15, 0.2) is 0 Å². The lowest BCUT2D eigenvalue weighted by Gasteiger charge is -2.16. The minimum Gasteiger partial charge on any atom is -0.330 e. The van der Waals surface area contributed by atoms with Crippen LogP contribution >= 0.6 is 0 Å². The van der Waals surface area contributed by atoms with Crippen LogP contribution in [0.5, 0.6) is 0 Å². The molecule has 0 spiro atoms. The Bertz CT molecular complexity index is 84.9. The summed E-state index contributed by atoms with van der Waals surface area (Å²) in [5, 5.41) is 3.29. The molecule has 1 aliphatic rings. The molecule has 1 heterocycles. The molecule has 2 unspecified atom stereocenters. The fourth-order valence-corrected chi connectivity index (χ4v) is 1.27. The molecule has 3 N–H and O–H groups in total. The Morgan fingerprint density at radius 2 is 2.22 bits per heavy atom. The van der Waals surface area contributed by atoms with E-state index in [2.05, 4.69) is 19.2 Å². The zero-order valence-corrected chi connectivity index (χ0v) is 6.22. The van der Waals surface area contributed by atoms with E-state index in [4.69, 9.17) is 5.73 Å². The summed E-state index contributed by atoms with van der Waals surface area (Å²) < 4.78 is 0. The Morgan fingerprint density at radius 1 is 1.67 bits per heavy atom. The fourth-order valence-electron chi connectivity index (χ4n) is 1.27. The van der Waals surface area contributed by atoms with Gasteiger partial charge in [-0.05, 0) is 18.4 Å². The molecular formula is C7H16N2. The van der Waals surface area contributed by atoms with E-state index >= 15 is 0 Å². The van der Waals surface area contributed by atoms with E-state index in [1.54, 1.807) is 0 Å². The molecule has 2 atom stereocenters. The second-order valence-electron chi connectivity index (χ2n) is 3.16. The quantitative estimate of drug-likeness (QED) is 0.533.